The summed E-state index contributed by atoms with van der Waals surface area (Å²) in [7, 11) is 0. The Morgan fingerprint density at radius 1 is 1.13 bits per heavy atom. The second-order valence-corrected chi connectivity index (χ2v) is 6.51. The number of fused-ring (bicyclic) bond motifs is 1. The van der Waals surface area contributed by atoms with E-state index < -0.39 is 0 Å². The minimum Gasteiger partial charge on any atom is -0.308 e. The fourth-order valence-corrected chi connectivity index (χ4v) is 3.38. The van der Waals surface area contributed by atoms with E-state index in [-0.39, 0.29) is 5.56 Å². The van der Waals surface area contributed by atoms with E-state index in [4.69, 9.17) is 11.6 Å². The van der Waals surface area contributed by atoms with Gasteiger partial charge in [-0.3, -0.25) is 4.79 Å². The Hall–Kier alpha value is -2.37. The van der Waals surface area contributed by atoms with Crippen LogP contribution in [0.3, 0.4) is 0 Å². The first-order valence-corrected chi connectivity index (χ1v) is 8.34. The number of nitrogens with zero attached hydrogens (tertiary/aromatic N) is 3. The number of thiophene rings is 1. The van der Waals surface area contributed by atoms with E-state index in [2.05, 4.69) is 5.10 Å². The summed E-state index contributed by atoms with van der Waals surface area (Å²) in [5.74, 6) is 0. The van der Waals surface area contributed by atoms with Crippen molar-refractivity contribution < 1.29 is 0 Å². The van der Waals surface area contributed by atoms with Crippen molar-refractivity contribution in [1.29, 1.82) is 0 Å². The molecule has 0 N–H and O–H groups in total. The molecule has 0 aliphatic heterocycles. The summed E-state index contributed by atoms with van der Waals surface area (Å²) in [6.07, 6.45) is 3.54. The lowest BCUT2D eigenvalue weighted by Gasteiger charge is -2.07. The first kappa shape index (κ1) is 14.2. The van der Waals surface area contributed by atoms with Gasteiger partial charge in [0.25, 0.3) is 5.56 Å². The lowest BCUT2D eigenvalue weighted by atomic mass is 10.2. The molecule has 0 saturated carbocycles. The van der Waals surface area contributed by atoms with E-state index in [1.54, 1.807) is 32.8 Å². The maximum atomic E-state index is 12.7. The summed E-state index contributed by atoms with van der Waals surface area (Å²) in [6.45, 7) is 0.439. The highest BCUT2D eigenvalue weighted by molar-refractivity contribution is 7.13. The summed E-state index contributed by atoms with van der Waals surface area (Å²) < 4.78 is 3.27. The van der Waals surface area contributed by atoms with Crippen molar-refractivity contribution in [3.05, 3.63) is 81.2 Å². The minimum absolute atomic E-state index is 0.0808. The summed E-state index contributed by atoms with van der Waals surface area (Å²) >= 11 is 7.79. The molecule has 1 aromatic carbocycles. The van der Waals surface area contributed by atoms with Gasteiger partial charge in [-0.25, -0.2) is 4.52 Å². The quantitative estimate of drug-likeness (QED) is 0.566. The highest BCUT2D eigenvalue weighted by atomic mass is 35.5. The van der Waals surface area contributed by atoms with Crippen LogP contribution in [0.25, 0.3) is 16.1 Å². The van der Waals surface area contributed by atoms with Crippen LogP contribution in [0.2, 0.25) is 5.02 Å². The molecular weight excluding hydrogens is 330 g/mol. The highest BCUT2D eigenvalue weighted by Gasteiger charge is 2.10. The third kappa shape index (κ3) is 2.58. The van der Waals surface area contributed by atoms with Gasteiger partial charge < -0.3 is 4.57 Å². The van der Waals surface area contributed by atoms with Gasteiger partial charge in [-0.2, -0.15) is 5.10 Å². The van der Waals surface area contributed by atoms with Crippen LogP contribution in [0.15, 0.2) is 65.0 Å². The van der Waals surface area contributed by atoms with Gasteiger partial charge in [0.1, 0.15) is 11.2 Å². The first-order chi connectivity index (χ1) is 11.2. The topological polar surface area (TPSA) is 39.3 Å². The molecule has 0 saturated heterocycles. The zero-order valence-corrected chi connectivity index (χ0v) is 13.6. The number of rotatable bonds is 3. The number of halogens is 1. The zero-order valence-electron chi connectivity index (χ0n) is 12.0. The maximum absolute atomic E-state index is 12.7. The molecule has 3 aromatic heterocycles. The van der Waals surface area contributed by atoms with Gasteiger partial charge in [0.05, 0.1) is 11.4 Å². The molecule has 0 fully saturated rings. The van der Waals surface area contributed by atoms with E-state index in [9.17, 15) is 4.79 Å². The summed E-state index contributed by atoms with van der Waals surface area (Å²) in [4.78, 5) is 13.7. The molecule has 114 valence electrons. The molecule has 0 aliphatic carbocycles. The number of hydrogen-bond acceptors (Lipinski definition) is 3. The fraction of sp³-hybridized carbons (Fsp3) is 0.0588. The Bertz CT molecular complexity index is 1030. The largest absolute Gasteiger partial charge is 0.308 e. The fourth-order valence-electron chi connectivity index (χ4n) is 2.51. The van der Waals surface area contributed by atoms with Gasteiger partial charge in [0.15, 0.2) is 0 Å². The maximum Gasteiger partial charge on any atom is 0.276 e. The van der Waals surface area contributed by atoms with Crippen LogP contribution in [-0.4, -0.2) is 14.2 Å². The predicted molar refractivity (Wildman–Crippen MR) is 93.3 cm³/mol. The van der Waals surface area contributed by atoms with Crippen molar-refractivity contribution in [1.82, 2.24) is 14.2 Å². The van der Waals surface area contributed by atoms with Gasteiger partial charge >= 0.3 is 0 Å². The summed E-state index contributed by atoms with van der Waals surface area (Å²) in [5, 5.41) is 7.12. The number of benzene rings is 1. The molecule has 0 unspecified atom stereocenters. The third-order valence-corrected chi connectivity index (χ3v) is 4.94. The average molecular weight is 342 g/mol. The third-order valence-electron chi connectivity index (χ3n) is 3.68. The molecule has 4 aromatic rings. The lowest BCUT2D eigenvalue weighted by Crippen LogP contribution is -2.21. The van der Waals surface area contributed by atoms with E-state index in [0.29, 0.717) is 17.1 Å². The van der Waals surface area contributed by atoms with Crippen LogP contribution in [0.1, 0.15) is 5.56 Å². The SMILES string of the molecule is O=c1c2cc(-c3cccs3)nn2ccn1Cc1ccccc1Cl. The van der Waals surface area contributed by atoms with Crippen LogP contribution in [0.5, 0.6) is 0 Å². The van der Waals surface area contributed by atoms with Crippen LogP contribution >= 0.6 is 22.9 Å². The van der Waals surface area contributed by atoms with Gasteiger partial charge in [0.2, 0.25) is 0 Å². The molecule has 0 bridgehead atoms. The zero-order chi connectivity index (χ0) is 15.8. The van der Waals surface area contributed by atoms with Crippen molar-refractivity contribution in [3.63, 3.8) is 0 Å². The van der Waals surface area contributed by atoms with E-state index in [1.807, 2.05) is 47.8 Å². The second-order valence-electron chi connectivity index (χ2n) is 5.16. The van der Waals surface area contributed by atoms with E-state index in [0.717, 1.165) is 16.1 Å². The predicted octanol–water partition coefficient (Wildman–Crippen LogP) is 3.93. The lowest BCUT2D eigenvalue weighted by molar-refractivity contribution is 0.743. The molecule has 0 amide bonds. The molecule has 3 heterocycles. The molecule has 23 heavy (non-hydrogen) atoms. The van der Waals surface area contributed by atoms with Gasteiger partial charge in [-0.05, 0) is 29.1 Å². The van der Waals surface area contributed by atoms with E-state index in [1.165, 1.54) is 0 Å². The number of hydrogen-bond donors (Lipinski definition) is 0. The van der Waals surface area contributed by atoms with Gasteiger partial charge in [-0.1, -0.05) is 35.9 Å². The molecule has 0 atom stereocenters. The average Bonchev–Trinajstić information content (AvgIpc) is 3.21. The Labute approximate surface area is 141 Å². The molecule has 0 aliphatic rings. The van der Waals surface area contributed by atoms with Crippen molar-refractivity contribution >= 4 is 28.5 Å². The van der Waals surface area contributed by atoms with Crippen molar-refractivity contribution in [3.8, 4) is 10.6 Å². The van der Waals surface area contributed by atoms with Crippen LogP contribution in [0.4, 0.5) is 0 Å². The molecule has 6 heteroatoms. The van der Waals surface area contributed by atoms with Crippen LogP contribution in [0, 0.1) is 0 Å². The molecule has 0 spiro atoms. The van der Waals surface area contributed by atoms with Crippen molar-refractivity contribution in [2.75, 3.05) is 0 Å². The van der Waals surface area contributed by atoms with E-state index >= 15 is 0 Å². The minimum atomic E-state index is -0.0808. The molecular formula is C17H12ClN3OS. The Kier molecular flexibility index (Phi) is 3.52. The van der Waals surface area contributed by atoms with Gasteiger partial charge in [0, 0.05) is 17.4 Å². The van der Waals surface area contributed by atoms with Crippen LogP contribution < -0.4 is 5.56 Å². The normalized spacial score (nSPS) is 11.2. The van der Waals surface area contributed by atoms with Crippen molar-refractivity contribution in [2.45, 2.75) is 6.54 Å². The van der Waals surface area contributed by atoms with Gasteiger partial charge in [-0.15, -0.1) is 11.3 Å². The Morgan fingerprint density at radius 2 is 2.00 bits per heavy atom. The number of aromatic nitrogens is 3. The summed E-state index contributed by atoms with van der Waals surface area (Å²) in [5.41, 5.74) is 2.21. The standard InChI is InChI=1S/C17H12ClN3OS/c18-13-5-2-1-4-12(13)11-20-7-8-21-15(17(20)22)10-14(19-21)16-6-3-9-23-16/h1-10H,11H2. The monoisotopic (exact) mass is 341 g/mol. The Balaban J connectivity index is 1.79. The summed E-state index contributed by atoms with van der Waals surface area (Å²) in [6, 6.07) is 13.3. The molecule has 0 radical (unpaired) electrons. The van der Waals surface area contributed by atoms with Crippen LogP contribution in [-0.2, 0) is 6.54 Å². The smallest absolute Gasteiger partial charge is 0.276 e. The second kappa shape index (κ2) is 5.68. The molecule has 4 nitrogen and oxygen atoms in total. The first-order valence-electron chi connectivity index (χ1n) is 7.08. The highest BCUT2D eigenvalue weighted by Crippen LogP contribution is 2.23. The molecule has 4 rings (SSSR count). The Morgan fingerprint density at radius 3 is 2.78 bits per heavy atom. The van der Waals surface area contributed by atoms with Crippen molar-refractivity contribution in [2.24, 2.45) is 0 Å².